The predicted molar refractivity (Wildman–Crippen MR) is 36.8 cm³/mol. The second-order valence-electron chi connectivity index (χ2n) is 1.67. The molecular weight excluding hydrogens is 132 g/mol. The minimum atomic E-state index is -0.503. The van der Waals surface area contributed by atoms with Gasteiger partial charge in [-0.05, 0) is 6.42 Å². The smallest absolute Gasteiger partial charge is 0.246 e. The summed E-state index contributed by atoms with van der Waals surface area (Å²) in [6, 6.07) is 0. The van der Waals surface area contributed by atoms with Crippen LogP contribution in [0.25, 0.3) is 0 Å². The van der Waals surface area contributed by atoms with Gasteiger partial charge in [0, 0.05) is 11.8 Å². The molecule has 3 N–H and O–H groups in total. The second-order valence-corrected chi connectivity index (χ2v) is 1.67. The fraction of sp³-hybridized carbons (Fsp3) is 0.333. The first kappa shape index (κ1) is 8.68. The van der Waals surface area contributed by atoms with Gasteiger partial charge in [0.25, 0.3) is 0 Å². The Bertz CT molecular complexity index is 163. The molecule has 0 aliphatic carbocycles. The molecular formula is C6H10N2O2. The number of amides is 2. The van der Waals surface area contributed by atoms with E-state index in [9.17, 15) is 9.59 Å². The first-order valence-corrected chi connectivity index (χ1v) is 2.91. The van der Waals surface area contributed by atoms with E-state index in [1.165, 1.54) is 6.20 Å². The van der Waals surface area contributed by atoms with Crippen molar-refractivity contribution in [1.82, 2.24) is 5.32 Å². The summed E-state index contributed by atoms with van der Waals surface area (Å²) in [5.41, 5.74) is 5.33. The van der Waals surface area contributed by atoms with Gasteiger partial charge in [-0.25, -0.2) is 0 Å². The summed E-state index contributed by atoms with van der Waals surface area (Å²) in [6.45, 7) is 1.78. The van der Waals surface area contributed by atoms with Crippen molar-refractivity contribution < 1.29 is 9.59 Å². The van der Waals surface area contributed by atoms with Crippen molar-refractivity contribution in [2.45, 2.75) is 13.3 Å². The summed E-state index contributed by atoms with van der Waals surface area (Å²) in [5, 5.41) is 2.24. The SMILES string of the molecule is CC/C(=C\NC=O)C(N)=O. The number of carbonyl (C=O) groups excluding carboxylic acids is 2. The first-order chi connectivity index (χ1) is 4.72. The third-order valence-electron chi connectivity index (χ3n) is 1.02. The Morgan fingerprint density at radius 2 is 2.30 bits per heavy atom. The molecule has 0 unspecified atom stereocenters. The van der Waals surface area contributed by atoms with E-state index < -0.39 is 5.91 Å². The van der Waals surface area contributed by atoms with Crippen LogP contribution in [0.5, 0.6) is 0 Å². The van der Waals surface area contributed by atoms with E-state index in [-0.39, 0.29) is 0 Å². The van der Waals surface area contributed by atoms with Gasteiger partial charge in [-0.2, -0.15) is 0 Å². The Morgan fingerprint density at radius 3 is 2.60 bits per heavy atom. The van der Waals surface area contributed by atoms with Crippen LogP contribution >= 0.6 is 0 Å². The summed E-state index contributed by atoms with van der Waals surface area (Å²) in [6.07, 6.45) is 2.31. The lowest BCUT2D eigenvalue weighted by Gasteiger charge is -1.95. The highest BCUT2D eigenvalue weighted by Crippen LogP contribution is 1.95. The van der Waals surface area contributed by atoms with Crippen molar-refractivity contribution in [1.29, 1.82) is 0 Å². The molecule has 0 fully saturated rings. The highest BCUT2D eigenvalue weighted by atomic mass is 16.1. The molecule has 0 saturated carbocycles. The average molecular weight is 142 g/mol. The molecule has 0 spiro atoms. The Kier molecular flexibility index (Phi) is 3.95. The molecule has 4 nitrogen and oxygen atoms in total. The maximum Gasteiger partial charge on any atom is 0.246 e. The van der Waals surface area contributed by atoms with Crippen molar-refractivity contribution >= 4 is 12.3 Å². The van der Waals surface area contributed by atoms with Crippen LogP contribution in [0.4, 0.5) is 0 Å². The van der Waals surface area contributed by atoms with E-state index >= 15 is 0 Å². The number of carbonyl (C=O) groups is 2. The topological polar surface area (TPSA) is 72.2 Å². The van der Waals surface area contributed by atoms with Crippen LogP contribution in [0.15, 0.2) is 11.8 Å². The van der Waals surface area contributed by atoms with Crippen LogP contribution in [0.3, 0.4) is 0 Å². The Labute approximate surface area is 59.1 Å². The lowest BCUT2D eigenvalue weighted by molar-refractivity contribution is -0.114. The molecule has 10 heavy (non-hydrogen) atoms. The van der Waals surface area contributed by atoms with Gasteiger partial charge in [0.1, 0.15) is 0 Å². The summed E-state index contributed by atoms with van der Waals surface area (Å²) < 4.78 is 0. The van der Waals surface area contributed by atoms with E-state index in [0.717, 1.165) is 0 Å². The lowest BCUT2D eigenvalue weighted by Crippen LogP contribution is -2.16. The molecule has 0 aromatic rings. The van der Waals surface area contributed by atoms with Gasteiger partial charge in [0.05, 0.1) is 0 Å². The van der Waals surface area contributed by atoms with Crippen LogP contribution < -0.4 is 11.1 Å². The first-order valence-electron chi connectivity index (χ1n) is 2.91. The number of rotatable bonds is 4. The molecule has 0 atom stereocenters. The zero-order valence-corrected chi connectivity index (χ0v) is 5.76. The maximum absolute atomic E-state index is 10.4. The minimum Gasteiger partial charge on any atom is -0.366 e. The Morgan fingerprint density at radius 1 is 1.70 bits per heavy atom. The summed E-state index contributed by atoms with van der Waals surface area (Å²) >= 11 is 0. The quantitative estimate of drug-likeness (QED) is 0.410. The van der Waals surface area contributed by atoms with Gasteiger partial charge in [-0.15, -0.1) is 0 Å². The molecule has 0 heterocycles. The van der Waals surface area contributed by atoms with Crippen molar-refractivity contribution in [3.63, 3.8) is 0 Å². The van der Waals surface area contributed by atoms with E-state index in [2.05, 4.69) is 5.32 Å². The number of nitrogens with two attached hydrogens (primary N) is 1. The molecule has 0 saturated heterocycles. The van der Waals surface area contributed by atoms with Crippen LogP contribution in [0.2, 0.25) is 0 Å². The fourth-order valence-corrected chi connectivity index (χ4v) is 0.482. The standard InChI is InChI=1S/C6H10N2O2/c1-2-5(6(7)10)3-8-4-9/h3-4H,2H2,1H3,(H2,7,10)(H,8,9)/b5-3+. The van der Waals surface area contributed by atoms with Gasteiger partial charge >= 0.3 is 0 Å². The third kappa shape index (κ3) is 2.86. The lowest BCUT2D eigenvalue weighted by atomic mass is 10.2. The molecule has 4 heteroatoms. The Balaban J connectivity index is 4.03. The molecule has 0 bridgehead atoms. The van der Waals surface area contributed by atoms with Crippen molar-refractivity contribution in [3.05, 3.63) is 11.8 Å². The predicted octanol–water partition coefficient (Wildman–Crippen LogP) is -0.488. The van der Waals surface area contributed by atoms with Crippen LogP contribution in [0, 0.1) is 0 Å². The van der Waals surface area contributed by atoms with Crippen LogP contribution in [-0.4, -0.2) is 12.3 Å². The van der Waals surface area contributed by atoms with E-state index in [1.807, 2.05) is 0 Å². The van der Waals surface area contributed by atoms with Crippen LogP contribution in [-0.2, 0) is 9.59 Å². The molecule has 0 aromatic heterocycles. The maximum atomic E-state index is 10.4. The largest absolute Gasteiger partial charge is 0.366 e. The minimum absolute atomic E-state index is 0.409. The average Bonchev–Trinajstić information content (AvgIpc) is 1.89. The summed E-state index contributed by atoms with van der Waals surface area (Å²) in [4.78, 5) is 20.2. The molecule has 0 aliphatic rings. The monoisotopic (exact) mass is 142 g/mol. The van der Waals surface area contributed by atoms with E-state index in [4.69, 9.17) is 5.73 Å². The van der Waals surface area contributed by atoms with E-state index in [0.29, 0.717) is 18.4 Å². The van der Waals surface area contributed by atoms with Crippen molar-refractivity contribution in [2.75, 3.05) is 0 Å². The number of hydrogen-bond acceptors (Lipinski definition) is 2. The highest BCUT2D eigenvalue weighted by molar-refractivity contribution is 5.91. The molecule has 0 aliphatic heterocycles. The molecule has 56 valence electrons. The van der Waals surface area contributed by atoms with Gasteiger partial charge in [-0.3, -0.25) is 9.59 Å². The zero-order chi connectivity index (χ0) is 7.98. The van der Waals surface area contributed by atoms with Crippen molar-refractivity contribution in [3.8, 4) is 0 Å². The summed E-state index contributed by atoms with van der Waals surface area (Å²) in [7, 11) is 0. The zero-order valence-electron chi connectivity index (χ0n) is 5.76. The fourth-order valence-electron chi connectivity index (χ4n) is 0.482. The number of hydrogen-bond donors (Lipinski definition) is 2. The third-order valence-corrected chi connectivity index (χ3v) is 1.02. The van der Waals surface area contributed by atoms with Crippen LogP contribution in [0.1, 0.15) is 13.3 Å². The van der Waals surface area contributed by atoms with Crippen molar-refractivity contribution in [2.24, 2.45) is 5.73 Å². The highest BCUT2D eigenvalue weighted by Gasteiger charge is 1.98. The van der Waals surface area contributed by atoms with Gasteiger partial charge in [-0.1, -0.05) is 6.92 Å². The van der Waals surface area contributed by atoms with E-state index in [1.54, 1.807) is 6.92 Å². The number of nitrogens with one attached hydrogen (secondary N) is 1. The normalized spacial score (nSPS) is 10.7. The van der Waals surface area contributed by atoms with Gasteiger partial charge in [0.2, 0.25) is 12.3 Å². The molecule has 0 radical (unpaired) electrons. The molecule has 0 rings (SSSR count). The molecule has 0 aromatic carbocycles. The molecule has 2 amide bonds. The second kappa shape index (κ2) is 4.55. The summed E-state index contributed by atoms with van der Waals surface area (Å²) in [5.74, 6) is -0.503. The number of primary amides is 1. The Hall–Kier alpha value is -1.32. The van der Waals surface area contributed by atoms with Gasteiger partial charge < -0.3 is 11.1 Å². The van der Waals surface area contributed by atoms with Gasteiger partial charge in [0.15, 0.2) is 0 Å².